The van der Waals surface area contributed by atoms with Gasteiger partial charge >= 0.3 is 0 Å². The Hall–Kier alpha value is -0.580. The highest BCUT2D eigenvalue weighted by Crippen LogP contribution is 2.43. The number of unbranched alkanes of at least 4 members (excludes halogenated alkanes) is 2. The molecule has 0 amide bonds. The van der Waals surface area contributed by atoms with Crippen LogP contribution in [0.1, 0.15) is 61.7 Å². The molecule has 3 N–H and O–H groups in total. The third-order valence-corrected chi connectivity index (χ3v) is 5.38. The van der Waals surface area contributed by atoms with Gasteiger partial charge in [0.25, 0.3) is 0 Å². The molecule has 0 spiro atoms. The van der Waals surface area contributed by atoms with Crippen molar-refractivity contribution in [2.24, 2.45) is 0 Å². The largest absolute Gasteiger partial charge is 0.362 e. The van der Waals surface area contributed by atoms with E-state index in [4.69, 9.17) is 0 Å². The van der Waals surface area contributed by atoms with Crippen LogP contribution < -0.4 is 16.0 Å². The lowest BCUT2D eigenvalue weighted by atomic mass is 10.1. The molecule has 4 heteroatoms. The Kier molecular flexibility index (Phi) is 4.10. The molecule has 0 saturated carbocycles. The molecule has 0 radical (unpaired) electrons. The maximum absolute atomic E-state index is 3.71. The van der Waals surface area contributed by atoms with Gasteiger partial charge in [0.15, 0.2) is 0 Å². The zero-order chi connectivity index (χ0) is 13.2. The molecule has 19 heavy (non-hydrogen) atoms. The van der Waals surface area contributed by atoms with Crippen molar-refractivity contribution in [1.82, 2.24) is 10.6 Å². The topological polar surface area (TPSA) is 36.1 Å². The molecule has 1 aliphatic carbocycles. The van der Waals surface area contributed by atoms with Crippen LogP contribution in [0.5, 0.6) is 0 Å². The second kappa shape index (κ2) is 5.81. The van der Waals surface area contributed by atoms with Crippen molar-refractivity contribution in [2.45, 2.75) is 64.7 Å². The summed E-state index contributed by atoms with van der Waals surface area (Å²) in [6, 6.07) is 0. The normalized spacial score (nSPS) is 24.9. The molecule has 0 fully saturated rings. The molecule has 3 rings (SSSR count). The molecule has 2 aliphatic rings. The van der Waals surface area contributed by atoms with Crippen molar-refractivity contribution in [2.75, 3.05) is 11.9 Å². The minimum absolute atomic E-state index is 0.348. The van der Waals surface area contributed by atoms with Gasteiger partial charge in [0.2, 0.25) is 0 Å². The molecule has 3 nitrogen and oxygen atoms in total. The van der Waals surface area contributed by atoms with Gasteiger partial charge in [-0.3, -0.25) is 10.6 Å². The Labute approximate surface area is 120 Å². The van der Waals surface area contributed by atoms with Gasteiger partial charge in [-0.05, 0) is 44.7 Å². The van der Waals surface area contributed by atoms with Crippen LogP contribution in [0.25, 0.3) is 0 Å². The molecule has 0 bridgehead atoms. The maximum Gasteiger partial charge on any atom is 0.0962 e. The minimum Gasteiger partial charge on any atom is -0.362 e. The van der Waals surface area contributed by atoms with Crippen molar-refractivity contribution in [1.29, 1.82) is 0 Å². The van der Waals surface area contributed by atoms with Gasteiger partial charge in [-0.2, -0.15) is 0 Å². The fraction of sp³-hybridized carbons (Fsp3) is 0.733. The van der Waals surface area contributed by atoms with Crippen molar-refractivity contribution in [3.8, 4) is 0 Å². The molecular weight excluding hydrogens is 254 g/mol. The summed E-state index contributed by atoms with van der Waals surface area (Å²) < 4.78 is 0. The van der Waals surface area contributed by atoms with Gasteiger partial charge in [-0.15, -0.1) is 11.3 Å². The average molecular weight is 279 g/mol. The van der Waals surface area contributed by atoms with Crippen LogP contribution in [0.15, 0.2) is 0 Å². The summed E-state index contributed by atoms with van der Waals surface area (Å²) in [4.78, 5) is 1.62. The summed E-state index contributed by atoms with van der Waals surface area (Å²) in [7, 11) is 0. The highest BCUT2D eigenvalue weighted by atomic mass is 32.1. The van der Waals surface area contributed by atoms with Gasteiger partial charge in [0.05, 0.1) is 17.3 Å². The van der Waals surface area contributed by atoms with Crippen LogP contribution in [-0.4, -0.2) is 12.7 Å². The number of hydrogen-bond acceptors (Lipinski definition) is 4. The van der Waals surface area contributed by atoms with E-state index >= 15 is 0 Å². The first-order valence-corrected chi connectivity index (χ1v) is 8.51. The van der Waals surface area contributed by atoms with Gasteiger partial charge in [0, 0.05) is 10.4 Å². The third kappa shape index (κ3) is 2.67. The first kappa shape index (κ1) is 13.4. The summed E-state index contributed by atoms with van der Waals surface area (Å²) in [5.74, 6) is 0. The third-order valence-electron chi connectivity index (χ3n) is 4.14. The first-order valence-electron chi connectivity index (χ1n) is 7.70. The Bertz CT molecular complexity index is 441. The Morgan fingerprint density at radius 2 is 2.21 bits per heavy atom. The van der Waals surface area contributed by atoms with Crippen LogP contribution in [0.4, 0.5) is 5.00 Å². The molecule has 106 valence electrons. The standard InChI is InChI=1S/C15H25N3S/c1-3-4-5-9-16-14-13-11-7-6-8-12(11)19-15(13)18-10(2)17-14/h10,14,16-18H,3-9H2,1-2H3. The lowest BCUT2D eigenvalue weighted by molar-refractivity contribution is 0.390. The predicted molar refractivity (Wildman–Crippen MR) is 82.8 cm³/mol. The van der Waals surface area contributed by atoms with Gasteiger partial charge in [0.1, 0.15) is 0 Å². The number of rotatable bonds is 5. The molecular formula is C15H25N3S. The Morgan fingerprint density at radius 1 is 1.32 bits per heavy atom. The van der Waals surface area contributed by atoms with Crippen LogP contribution in [-0.2, 0) is 12.8 Å². The summed E-state index contributed by atoms with van der Waals surface area (Å²) in [6.07, 6.45) is 8.48. The smallest absolute Gasteiger partial charge is 0.0962 e. The molecule has 0 aromatic carbocycles. The predicted octanol–water partition coefficient (Wildman–Crippen LogP) is 3.38. The number of aryl methyl sites for hydroxylation is 1. The van der Waals surface area contributed by atoms with Crippen molar-refractivity contribution < 1.29 is 0 Å². The fourth-order valence-corrected chi connectivity index (χ4v) is 4.61. The second-order valence-electron chi connectivity index (χ2n) is 5.73. The summed E-state index contributed by atoms with van der Waals surface area (Å²) in [5, 5.41) is 12.4. The van der Waals surface area contributed by atoms with E-state index < -0.39 is 0 Å². The number of anilines is 1. The number of hydrogen-bond donors (Lipinski definition) is 3. The van der Waals surface area contributed by atoms with E-state index in [0.29, 0.717) is 12.3 Å². The van der Waals surface area contributed by atoms with Crippen LogP contribution in [0, 0.1) is 0 Å². The molecule has 1 aromatic heterocycles. The molecule has 1 aliphatic heterocycles. The highest BCUT2D eigenvalue weighted by Gasteiger charge is 2.31. The van der Waals surface area contributed by atoms with Crippen molar-refractivity contribution in [3.05, 3.63) is 16.0 Å². The van der Waals surface area contributed by atoms with Crippen LogP contribution >= 0.6 is 11.3 Å². The Morgan fingerprint density at radius 3 is 3.05 bits per heavy atom. The fourth-order valence-electron chi connectivity index (χ4n) is 3.20. The maximum atomic E-state index is 3.71. The molecule has 0 saturated heterocycles. The van der Waals surface area contributed by atoms with Gasteiger partial charge < -0.3 is 5.32 Å². The number of thiophene rings is 1. The van der Waals surface area contributed by atoms with E-state index in [1.54, 1.807) is 10.4 Å². The van der Waals surface area contributed by atoms with Crippen LogP contribution in [0.3, 0.4) is 0 Å². The van der Waals surface area contributed by atoms with Crippen LogP contribution in [0.2, 0.25) is 0 Å². The molecule has 1 aromatic rings. The van der Waals surface area contributed by atoms with Crippen molar-refractivity contribution in [3.63, 3.8) is 0 Å². The van der Waals surface area contributed by atoms with Gasteiger partial charge in [-0.1, -0.05) is 19.8 Å². The van der Waals surface area contributed by atoms with E-state index in [9.17, 15) is 0 Å². The summed E-state index contributed by atoms with van der Waals surface area (Å²) in [6.45, 7) is 5.57. The van der Waals surface area contributed by atoms with E-state index in [-0.39, 0.29) is 0 Å². The van der Waals surface area contributed by atoms with E-state index in [0.717, 1.165) is 6.54 Å². The lowest BCUT2D eigenvalue weighted by Gasteiger charge is -2.32. The minimum atomic E-state index is 0.348. The number of fused-ring (bicyclic) bond motifs is 3. The highest BCUT2D eigenvalue weighted by molar-refractivity contribution is 7.16. The first-order chi connectivity index (χ1) is 9.29. The molecule has 2 atom stereocenters. The Balaban J connectivity index is 1.75. The average Bonchev–Trinajstić information content (AvgIpc) is 2.93. The van der Waals surface area contributed by atoms with Gasteiger partial charge in [-0.25, -0.2) is 0 Å². The van der Waals surface area contributed by atoms with E-state index in [1.165, 1.54) is 49.1 Å². The lowest BCUT2D eigenvalue weighted by Crippen LogP contribution is -2.46. The molecule has 2 heterocycles. The monoisotopic (exact) mass is 279 g/mol. The second-order valence-corrected chi connectivity index (χ2v) is 6.83. The number of nitrogens with one attached hydrogen (secondary N) is 3. The zero-order valence-corrected chi connectivity index (χ0v) is 12.8. The van der Waals surface area contributed by atoms with Crippen molar-refractivity contribution >= 4 is 16.3 Å². The quantitative estimate of drug-likeness (QED) is 0.723. The molecule has 2 unspecified atom stereocenters. The summed E-state index contributed by atoms with van der Waals surface area (Å²) >= 11 is 1.98. The summed E-state index contributed by atoms with van der Waals surface area (Å²) in [5.41, 5.74) is 3.15. The van der Waals surface area contributed by atoms with E-state index in [2.05, 4.69) is 29.8 Å². The zero-order valence-electron chi connectivity index (χ0n) is 12.0. The van der Waals surface area contributed by atoms with E-state index in [1.807, 2.05) is 11.3 Å². The SMILES string of the molecule is CCCCCNC1NC(C)Nc2sc3c(c21)CCC3.